The minimum Gasteiger partial charge on any atom is -0.465 e. The maximum absolute atomic E-state index is 12.1. The quantitative estimate of drug-likeness (QED) is 0.535. The molecule has 1 aromatic carbocycles. The molecule has 2 amide bonds. The van der Waals surface area contributed by atoms with Gasteiger partial charge in [0.25, 0.3) is 11.8 Å². The van der Waals surface area contributed by atoms with E-state index < -0.39 is 17.8 Å². The van der Waals surface area contributed by atoms with Crippen LogP contribution in [0, 0.1) is 0 Å². The van der Waals surface area contributed by atoms with Gasteiger partial charge in [-0.25, -0.2) is 9.78 Å². The molecule has 0 atom stereocenters. The minimum atomic E-state index is -0.471. The molecule has 0 spiro atoms. The Morgan fingerprint density at radius 3 is 2.68 bits per heavy atom. The van der Waals surface area contributed by atoms with Crippen molar-refractivity contribution >= 4 is 35.2 Å². The molecule has 0 radical (unpaired) electrons. The number of aromatic nitrogens is 1. The fourth-order valence-electron chi connectivity index (χ4n) is 2.50. The number of methoxy groups -OCH3 is 1. The van der Waals surface area contributed by atoms with Gasteiger partial charge in [0, 0.05) is 22.9 Å². The maximum atomic E-state index is 12.1. The number of rotatable bonds is 7. The SMILES string of the molecule is COC(=O)c1ccnc(Sc2ccc(NC3=CC(=O)N(CCO)C3=O)cc2)c1. The number of carbonyl (C=O) groups excluding carboxylic acids is 3. The smallest absolute Gasteiger partial charge is 0.337 e. The van der Waals surface area contributed by atoms with Crippen LogP contribution in [0.1, 0.15) is 10.4 Å². The van der Waals surface area contributed by atoms with Gasteiger partial charge in [-0.1, -0.05) is 11.8 Å². The number of carbonyl (C=O) groups is 3. The van der Waals surface area contributed by atoms with E-state index >= 15 is 0 Å². The lowest BCUT2D eigenvalue weighted by atomic mass is 10.3. The summed E-state index contributed by atoms with van der Waals surface area (Å²) in [6.45, 7) is -0.317. The van der Waals surface area contributed by atoms with Gasteiger partial charge in [0.2, 0.25) is 0 Å². The molecule has 0 unspecified atom stereocenters. The van der Waals surface area contributed by atoms with Crippen LogP contribution in [0.25, 0.3) is 0 Å². The van der Waals surface area contributed by atoms with E-state index in [4.69, 9.17) is 9.84 Å². The molecule has 3 rings (SSSR count). The number of anilines is 1. The van der Waals surface area contributed by atoms with Gasteiger partial charge < -0.3 is 15.2 Å². The highest BCUT2D eigenvalue weighted by Crippen LogP contribution is 2.28. The second-order valence-corrected chi connectivity index (χ2v) is 6.80. The van der Waals surface area contributed by atoms with E-state index in [0.29, 0.717) is 16.3 Å². The van der Waals surface area contributed by atoms with Crippen molar-refractivity contribution in [1.29, 1.82) is 0 Å². The Hall–Kier alpha value is -3.17. The zero-order valence-corrected chi connectivity index (χ0v) is 15.7. The topological polar surface area (TPSA) is 109 Å². The van der Waals surface area contributed by atoms with Crippen LogP contribution in [-0.4, -0.2) is 53.0 Å². The van der Waals surface area contributed by atoms with E-state index in [2.05, 4.69) is 10.3 Å². The average molecular weight is 399 g/mol. The molecule has 1 aliphatic heterocycles. The van der Waals surface area contributed by atoms with Crippen molar-refractivity contribution in [2.75, 3.05) is 25.6 Å². The van der Waals surface area contributed by atoms with Crippen LogP contribution in [0.2, 0.25) is 0 Å². The van der Waals surface area contributed by atoms with Gasteiger partial charge in [-0.15, -0.1) is 0 Å². The number of aliphatic hydroxyl groups is 1. The number of imide groups is 1. The van der Waals surface area contributed by atoms with E-state index in [1.54, 1.807) is 24.3 Å². The summed E-state index contributed by atoms with van der Waals surface area (Å²) < 4.78 is 4.70. The van der Waals surface area contributed by atoms with Crippen LogP contribution in [0.4, 0.5) is 5.69 Å². The first-order chi connectivity index (χ1) is 13.5. The van der Waals surface area contributed by atoms with Crippen molar-refractivity contribution in [3.63, 3.8) is 0 Å². The molecule has 0 fully saturated rings. The number of amides is 2. The second kappa shape index (κ2) is 8.68. The lowest BCUT2D eigenvalue weighted by Crippen LogP contribution is -2.34. The molecule has 0 aliphatic carbocycles. The van der Waals surface area contributed by atoms with Crippen molar-refractivity contribution in [3.8, 4) is 0 Å². The standard InChI is InChI=1S/C19H17N3O5S/c1-27-19(26)12-6-7-20-16(10-12)28-14-4-2-13(3-5-14)21-15-11-17(24)22(8-9-23)18(15)25/h2-7,10-11,21,23H,8-9H2,1H3. The third-order valence-electron chi connectivity index (χ3n) is 3.84. The molecule has 1 aromatic heterocycles. The Bertz CT molecular complexity index is 943. The van der Waals surface area contributed by atoms with Crippen LogP contribution in [0.5, 0.6) is 0 Å². The number of hydrogen-bond donors (Lipinski definition) is 2. The molecular weight excluding hydrogens is 382 g/mol. The number of nitrogens with zero attached hydrogens (tertiary/aromatic N) is 2. The summed E-state index contributed by atoms with van der Waals surface area (Å²) in [5, 5.41) is 12.5. The third-order valence-corrected chi connectivity index (χ3v) is 4.78. The van der Waals surface area contributed by atoms with Crippen molar-refractivity contribution in [3.05, 3.63) is 59.9 Å². The van der Waals surface area contributed by atoms with Gasteiger partial charge in [-0.3, -0.25) is 14.5 Å². The Labute approximate surface area is 165 Å². The Morgan fingerprint density at radius 2 is 2.00 bits per heavy atom. The molecule has 0 saturated heterocycles. The first-order valence-corrected chi connectivity index (χ1v) is 9.11. The molecule has 0 saturated carbocycles. The molecule has 2 aromatic rings. The number of β-amino-alcohol motifs (C(OH)–C–C–N with tert-alkyl or cyclic N) is 1. The summed E-state index contributed by atoms with van der Waals surface area (Å²) >= 11 is 1.37. The molecule has 8 nitrogen and oxygen atoms in total. The predicted octanol–water partition coefficient (Wildman–Crippen LogP) is 1.68. The summed E-state index contributed by atoms with van der Waals surface area (Å²) in [5.41, 5.74) is 1.22. The minimum absolute atomic E-state index is 0.0352. The fraction of sp³-hybridized carbons (Fsp3) is 0.158. The number of esters is 1. The van der Waals surface area contributed by atoms with Crippen LogP contribution >= 0.6 is 11.8 Å². The van der Waals surface area contributed by atoms with Crippen molar-refractivity contribution in [2.24, 2.45) is 0 Å². The maximum Gasteiger partial charge on any atom is 0.337 e. The van der Waals surface area contributed by atoms with E-state index in [-0.39, 0.29) is 18.8 Å². The van der Waals surface area contributed by atoms with Gasteiger partial charge >= 0.3 is 5.97 Å². The number of benzene rings is 1. The number of aliphatic hydroxyl groups excluding tert-OH is 1. The van der Waals surface area contributed by atoms with Gasteiger partial charge in [-0.2, -0.15) is 0 Å². The summed E-state index contributed by atoms with van der Waals surface area (Å²) in [5.74, 6) is -1.35. The van der Waals surface area contributed by atoms with Crippen molar-refractivity contribution < 1.29 is 24.2 Å². The summed E-state index contributed by atoms with van der Waals surface area (Å²) in [6, 6.07) is 10.4. The predicted molar refractivity (Wildman–Crippen MR) is 102 cm³/mol. The highest BCUT2D eigenvalue weighted by atomic mass is 32.2. The van der Waals surface area contributed by atoms with E-state index in [1.807, 2.05) is 12.1 Å². The van der Waals surface area contributed by atoms with Gasteiger partial charge in [0.15, 0.2) is 0 Å². The Balaban J connectivity index is 1.66. The van der Waals surface area contributed by atoms with E-state index in [9.17, 15) is 14.4 Å². The van der Waals surface area contributed by atoms with Crippen molar-refractivity contribution in [2.45, 2.75) is 9.92 Å². The van der Waals surface area contributed by atoms with Gasteiger partial charge in [-0.05, 0) is 36.4 Å². The Morgan fingerprint density at radius 1 is 1.25 bits per heavy atom. The first kappa shape index (κ1) is 19.6. The average Bonchev–Trinajstić information content (AvgIpc) is 2.97. The molecule has 2 heterocycles. The van der Waals surface area contributed by atoms with Crippen LogP contribution in [0.3, 0.4) is 0 Å². The number of pyridine rings is 1. The molecule has 28 heavy (non-hydrogen) atoms. The Kier molecular flexibility index (Phi) is 6.07. The van der Waals surface area contributed by atoms with E-state index in [0.717, 1.165) is 9.80 Å². The highest BCUT2D eigenvalue weighted by Gasteiger charge is 2.30. The lowest BCUT2D eigenvalue weighted by molar-refractivity contribution is -0.137. The van der Waals surface area contributed by atoms with Crippen molar-refractivity contribution in [1.82, 2.24) is 9.88 Å². The zero-order chi connectivity index (χ0) is 20.1. The first-order valence-electron chi connectivity index (χ1n) is 8.29. The van der Waals surface area contributed by atoms with Crippen LogP contribution in [0.15, 0.2) is 64.3 Å². The van der Waals surface area contributed by atoms with Gasteiger partial charge in [0.05, 0.1) is 25.8 Å². The normalized spacial score (nSPS) is 13.5. The molecule has 9 heteroatoms. The van der Waals surface area contributed by atoms with Crippen LogP contribution < -0.4 is 5.32 Å². The molecule has 2 N–H and O–H groups in total. The summed E-state index contributed by atoms with van der Waals surface area (Å²) in [4.78, 5) is 41.6. The van der Waals surface area contributed by atoms with E-state index in [1.165, 1.54) is 31.1 Å². The largest absolute Gasteiger partial charge is 0.465 e. The summed E-state index contributed by atoms with van der Waals surface area (Å²) in [6.07, 6.45) is 2.75. The fourth-order valence-corrected chi connectivity index (χ4v) is 3.32. The lowest BCUT2D eigenvalue weighted by Gasteiger charge is -2.13. The molecule has 1 aliphatic rings. The van der Waals surface area contributed by atoms with Crippen LogP contribution in [-0.2, 0) is 14.3 Å². The monoisotopic (exact) mass is 399 g/mol. The number of nitrogens with one attached hydrogen (secondary N) is 1. The third kappa shape index (κ3) is 4.38. The van der Waals surface area contributed by atoms with Gasteiger partial charge in [0.1, 0.15) is 10.7 Å². The second-order valence-electron chi connectivity index (χ2n) is 5.70. The molecule has 144 valence electrons. The number of ether oxygens (including phenoxy) is 1. The summed E-state index contributed by atoms with van der Waals surface area (Å²) in [7, 11) is 1.32. The highest BCUT2D eigenvalue weighted by molar-refractivity contribution is 7.99. The zero-order valence-electron chi connectivity index (χ0n) is 14.9. The molecular formula is C19H17N3O5S. The number of hydrogen-bond acceptors (Lipinski definition) is 8. The molecule has 0 bridgehead atoms.